The van der Waals surface area contributed by atoms with E-state index >= 15 is 0 Å². The van der Waals surface area contributed by atoms with Crippen molar-refractivity contribution >= 4 is 0 Å². The number of hydrogen-bond donors (Lipinski definition) is 1. The molecule has 2 rings (SSSR count). The lowest BCUT2D eigenvalue weighted by Crippen LogP contribution is -2.43. The second kappa shape index (κ2) is 2.44. The SMILES string of the molecule is CC(F)(C1CC1)C1CCCN1. The lowest BCUT2D eigenvalue weighted by atomic mass is 9.92. The summed E-state index contributed by atoms with van der Waals surface area (Å²) in [6.45, 7) is 2.78. The van der Waals surface area contributed by atoms with Gasteiger partial charge in [-0.05, 0) is 45.1 Å². The van der Waals surface area contributed by atoms with Gasteiger partial charge in [0, 0.05) is 6.04 Å². The van der Waals surface area contributed by atoms with Gasteiger partial charge in [-0.15, -0.1) is 0 Å². The predicted octanol–water partition coefficient (Wildman–Crippen LogP) is 1.88. The van der Waals surface area contributed by atoms with Crippen LogP contribution >= 0.6 is 0 Å². The summed E-state index contributed by atoms with van der Waals surface area (Å²) in [5, 5.41) is 3.24. The van der Waals surface area contributed by atoms with Crippen LogP contribution < -0.4 is 5.32 Å². The summed E-state index contributed by atoms with van der Waals surface area (Å²) in [6, 6.07) is 0.148. The monoisotopic (exact) mass is 157 g/mol. The normalized spacial score (nSPS) is 37.1. The molecule has 11 heavy (non-hydrogen) atoms. The van der Waals surface area contributed by atoms with Crippen LogP contribution in [0.3, 0.4) is 0 Å². The Bertz CT molecular complexity index is 146. The zero-order valence-corrected chi connectivity index (χ0v) is 7.07. The summed E-state index contributed by atoms with van der Waals surface area (Å²) in [5.41, 5.74) is -0.920. The van der Waals surface area contributed by atoms with E-state index < -0.39 is 5.67 Å². The van der Waals surface area contributed by atoms with Crippen LogP contribution in [0.2, 0.25) is 0 Å². The van der Waals surface area contributed by atoms with E-state index in [4.69, 9.17) is 0 Å². The standard InChI is InChI=1S/C9H16FN/c1-9(10,7-4-5-7)8-3-2-6-11-8/h7-8,11H,2-6H2,1H3. The molecule has 2 unspecified atom stereocenters. The lowest BCUT2D eigenvalue weighted by molar-refractivity contribution is 0.109. The quantitative estimate of drug-likeness (QED) is 0.645. The molecule has 2 atom stereocenters. The first-order valence-electron chi connectivity index (χ1n) is 4.63. The maximum Gasteiger partial charge on any atom is 0.126 e. The molecule has 0 radical (unpaired) electrons. The van der Waals surface area contributed by atoms with Crippen LogP contribution in [0.5, 0.6) is 0 Å². The Hall–Kier alpha value is -0.110. The van der Waals surface area contributed by atoms with Crippen LogP contribution in [-0.4, -0.2) is 18.3 Å². The van der Waals surface area contributed by atoms with E-state index in [1.54, 1.807) is 6.92 Å². The van der Waals surface area contributed by atoms with Crippen molar-refractivity contribution in [1.29, 1.82) is 0 Å². The van der Waals surface area contributed by atoms with Crippen molar-refractivity contribution in [2.45, 2.75) is 44.3 Å². The Morgan fingerprint density at radius 2 is 2.09 bits per heavy atom. The molecule has 2 heteroatoms. The second-order valence-electron chi connectivity index (χ2n) is 4.07. The summed E-state index contributed by atoms with van der Waals surface area (Å²) in [4.78, 5) is 0. The summed E-state index contributed by atoms with van der Waals surface area (Å²) in [5.74, 6) is 0.359. The Labute approximate surface area is 67.4 Å². The lowest BCUT2D eigenvalue weighted by Gasteiger charge is -2.27. The van der Waals surface area contributed by atoms with E-state index in [2.05, 4.69) is 5.32 Å². The summed E-state index contributed by atoms with van der Waals surface area (Å²) in [7, 11) is 0. The van der Waals surface area contributed by atoms with Gasteiger partial charge >= 0.3 is 0 Å². The van der Waals surface area contributed by atoms with Gasteiger partial charge in [-0.3, -0.25) is 0 Å². The molecule has 1 heterocycles. The van der Waals surface area contributed by atoms with E-state index in [-0.39, 0.29) is 6.04 Å². The summed E-state index contributed by atoms with van der Waals surface area (Å²) >= 11 is 0. The zero-order chi connectivity index (χ0) is 7.90. The smallest absolute Gasteiger partial charge is 0.126 e. The van der Waals surface area contributed by atoms with Gasteiger partial charge in [-0.25, -0.2) is 4.39 Å². The topological polar surface area (TPSA) is 12.0 Å². The second-order valence-corrected chi connectivity index (χ2v) is 4.07. The van der Waals surface area contributed by atoms with Crippen LogP contribution in [0.4, 0.5) is 4.39 Å². The van der Waals surface area contributed by atoms with Crippen molar-refractivity contribution in [3.8, 4) is 0 Å². The Morgan fingerprint density at radius 3 is 2.55 bits per heavy atom. The fourth-order valence-corrected chi connectivity index (χ4v) is 2.10. The third-order valence-corrected chi connectivity index (χ3v) is 3.12. The molecule has 1 aliphatic heterocycles. The summed E-state index contributed by atoms with van der Waals surface area (Å²) in [6.07, 6.45) is 4.39. The van der Waals surface area contributed by atoms with Gasteiger partial charge in [0.1, 0.15) is 5.67 Å². The highest BCUT2D eigenvalue weighted by atomic mass is 19.1. The van der Waals surface area contributed by atoms with E-state index in [0.29, 0.717) is 5.92 Å². The van der Waals surface area contributed by atoms with Crippen LogP contribution in [0.15, 0.2) is 0 Å². The van der Waals surface area contributed by atoms with Crippen molar-refractivity contribution in [1.82, 2.24) is 5.32 Å². The predicted molar refractivity (Wildman–Crippen MR) is 43.3 cm³/mol. The maximum absolute atomic E-state index is 13.9. The molecule has 64 valence electrons. The first-order valence-corrected chi connectivity index (χ1v) is 4.63. The highest BCUT2D eigenvalue weighted by Crippen LogP contribution is 2.45. The first kappa shape index (κ1) is 7.53. The highest BCUT2D eigenvalue weighted by molar-refractivity contribution is 5.01. The Morgan fingerprint density at radius 1 is 1.36 bits per heavy atom. The fraction of sp³-hybridized carbons (Fsp3) is 1.00. The third-order valence-electron chi connectivity index (χ3n) is 3.12. The average molecular weight is 157 g/mol. The van der Waals surface area contributed by atoms with Gasteiger partial charge in [0.15, 0.2) is 0 Å². The number of halogens is 1. The molecule has 2 fully saturated rings. The van der Waals surface area contributed by atoms with Gasteiger partial charge in [-0.2, -0.15) is 0 Å². The van der Waals surface area contributed by atoms with Crippen molar-refractivity contribution in [3.05, 3.63) is 0 Å². The molecule has 0 aromatic heterocycles. The van der Waals surface area contributed by atoms with E-state index in [1.807, 2.05) is 0 Å². The Kier molecular flexibility index (Phi) is 1.67. The van der Waals surface area contributed by atoms with Gasteiger partial charge < -0.3 is 5.32 Å². The third kappa shape index (κ3) is 1.28. The van der Waals surface area contributed by atoms with Crippen molar-refractivity contribution < 1.29 is 4.39 Å². The van der Waals surface area contributed by atoms with Crippen molar-refractivity contribution in [3.63, 3.8) is 0 Å². The minimum Gasteiger partial charge on any atom is -0.311 e. The molecular formula is C9H16FN. The van der Waals surface area contributed by atoms with Crippen LogP contribution in [0.25, 0.3) is 0 Å². The van der Waals surface area contributed by atoms with Crippen LogP contribution in [0, 0.1) is 5.92 Å². The molecule has 0 spiro atoms. The summed E-state index contributed by atoms with van der Waals surface area (Å²) < 4.78 is 13.9. The van der Waals surface area contributed by atoms with Gasteiger partial charge in [0.05, 0.1) is 0 Å². The number of hydrogen-bond acceptors (Lipinski definition) is 1. The molecule has 1 aliphatic carbocycles. The van der Waals surface area contributed by atoms with Crippen LogP contribution in [-0.2, 0) is 0 Å². The molecule has 2 aliphatic rings. The van der Waals surface area contributed by atoms with E-state index in [9.17, 15) is 4.39 Å². The zero-order valence-electron chi connectivity index (χ0n) is 7.07. The molecule has 0 aromatic carbocycles. The number of alkyl halides is 1. The molecular weight excluding hydrogens is 141 g/mol. The molecule has 0 aromatic rings. The minimum atomic E-state index is -0.920. The number of nitrogens with one attached hydrogen (secondary N) is 1. The van der Waals surface area contributed by atoms with E-state index in [1.165, 1.54) is 0 Å². The molecule has 1 saturated heterocycles. The van der Waals surface area contributed by atoms with Crippen molar-refractivity contribution in [2.75, 3.05) is 6.54 Å². The Balaban J connectivity index is 1.99. The average Bonchev–Trinajstić information content (AvgIpc) is 2.66. The largest absolute Gasteiger partial charge is 0.311 e. The van der Waals surface area contributed by atoms with E-state index in [0.717, 1.165) is 32.2 Å². The fourth-order valence-electron chi connectivity index (χ4n) is 2.10. The van der Waals surface area contributed by atoms with Crippen LogP contribution in [0.1, 0.15) is 32.6 Å². The molecule has 1 N–H and O–H groups in total. The molecule has 1 saturated carbocycles. The van der Waals surface area contributed by atoms with Crippen molar-refractivity contribution in [2.24, 2.45) is 5.92 Å². The highest BCUT2D eigenvalue weighted by Gasteiger charge is 2.47. The minimum absolute atomic E-state index is 0.148. The number of rotatable bonds is 2. The van der Waals surface area contributed by atoms with Gasteiger partial charge in [-0.1, -0.05) is 0 Å². The maximum atomic E-state index is 13.9. The molecule has 0 amide bonds. The molecule has 1 nitrogen and oxygen atoms in total. The molecule has 0 bridgehead atoms. The van der Waals surface area contributed by atoms with Gasteiger partial charge in [0.2, 0.25) is 0 Å². The first-order chi connectivity index (χ1) is 5.21. The van der Waals surface area contributed by atoms with Gasteiger partial charge in [0.25, 0.3) is 0 Å².